The Morgan fingerprint density at radius 2 is 2.28 bits per heavy atom. The minimum Gasteiger partial charge on any atom is -0.444 e. The monoisotopic (exact) mass is 378 g/mol. The third-order valence-electron chi connectivity index (χ3n) is 2.25. The second-order valence-corrected chi connectivity index (χ2v) is 5.54. The summed E-state index contributed by atoms with van der Waals surface area (Å²) in [5.41, 5.74) is 0.677. The molecule has 1 aromatic carbocycles. The summed E-state index contributed by atoms with van der Waals surface area (Å²) in [7, 11) is 0. The lowest BCUT2D eigenvalue weighted by atomic mass is 10.1. The summed E-state index contributed by atoms with van der Waals surface area (Å²) in [6, 6.07) is 7.14. The number of tetrazole rings is 1. The number of carbonyl (C=O) groups is 1. The van der Waals surface area contributed by atoms with E-state index in [4.69, 9.17) is 16.3 Å². The van der Waals surface area contributed by atoms with Gasteiger partial charge in [0.05, 0.1) is 0 Å². The highest BCUT2D eigenvalue weighted by Gasteiger charge is 2.34. The molecular formula is C10H8ClIN4O2. The predicted octanol–water partition coefficient (Wildman–Crippen LogP) is 1.79. The van der Waals surface area contributed by atoms with E-state index in [0.29, 0.717) is 17.1 Å². The smallest absolute Gasteiger partial charge is 0.294 e. The van der Waals surface area contributed by atoms with Crippen molar-refractivity contribution in [1.29, 1.82) is 0 Å². The van der Waals surface area contributed by atoms with Gasteiger partial charge >= 0.3 is 0 Å². The molecule has 0 fully saturated rings. The molecule has 0 saturated carbocycles. The topological polar surface area (TPSA) is 69.9 Å². The summed E-state index contributed by atoms with van der Waals surface area (Å²) in [6.45, 7) is 0.600. The van der Waals surface area contributed by atoms with Crippen LogP contribution in [-0.2, 0) is 19.7 Å². The second-order valence-electron chi connectivity index (χ2n) is 3.39. The lowest BCUT2D eigenvalue weighted by Crippen LogP contribution is -2.29. The van der Waals surface area contributed by atoms with Crippen molar-refractivity contribution in [1.82, 2.24) is 20.2 Å². The van der Waals surface area contributed by atoms with Gasteiger partial charge in [-0.15, -0.1) is 10.2 Å². The molecule has 1 unspecified atom stereocenters. The Morgan fingerprint density at radius 3 is 2.89 bits per heavy atom. The predicted molar refractivity (Wildman–Crippen MR) is 72.1 cm³/mol. The molecule has 1 atom stereocenters. The third kappa shape index (κ3) is 2.78. The first-order valence-electron chi connectivity index (χ1n) is 4.92. The molecule has 6 nitrogen and oxygen atoms in total. The molecule has 2 aromatic rings. The first-order chi connectivity index (χ1) is 8.65. The maximum Gasteiger partial charge on any atom is 0.294 e. The van der Waals surface area contributed by atoms with Gasteiger partial charge in [0, 0.05) is 10.6 Å². The SMILES string of the molecule is O=COC(I)(Cn1ncnn1)c1ccccc1Cl. The normalized spacial score (nSPS) is 13.9. The highest BCUT2D eigenvalue weighted by Crippen LogP contribution is 2.38. The fourth-order valence-corrected chi connectivity index (χ4v) is 2.80. The average Bonchev–Trinajstić information content (AvgIpc) is 2.82. The number of hydrogen-bond acceptors (Lipinski definition) is 5. The minimum atomic E-state index is -0.974. The van der Waals surface area contributed by atoms with Crippen molar-refractivity contribution in [2.45, 2.75) is 10.2 Å². The van der Waals surface area contributed by atoms with Gasteiger partial charge in [-0.25, -0.2) is 0 Å². The Hall–Kier alpha value is -1.22. The largest absolute Gasteiger partial charge is 0.444 e. The van der Waals surface area contributed by atoms with Crippen molar-refractivity contribution >= 4 is 40.7 Å². The van der Waals surface area contributed by atoms with Crippen LogP contribution in [0.15, 0.2) is 30.6 Å². The Labute approximate surface area is 121 Å². The van der Waals surface area contributed by atoms with Crippen LogP contribution in [0, 0.1) is 0 Å². The van der Waals surface area contributed by atoms with Crippen LogP contribution in [-0.4, -0.2) is 26.7 Å². The van der Waals surface area contributed by atoms with Crippen LogP contribution >= 0.6 is 34.2 Å². The standard InChI is InChI=1S/C10H8ClIN4O2/c11-9-4-2-1-3-8(9)10(12,18-7-17)5-16-14-6-13-15-16/h1-4,6-7H,5H2. The van der Waals surface area contributed by atoms with E-state index in [1.54, 1.807) is 18.2 Å². The van der Waals surface area contributed by atoms with Gasteiger partial charge in [0.2, 0.25) is 3.61 Å². The van der Waals surface area contributed by atoms with E-state index < -0.39 is 3.61 Å². The maximum atomic E-state index is 10.7. The van der Waals surface area contributed by atoms with Crippen LogP contribution in [0.3, 0.4) is 0 Å². The molecule has 0 amide bonds. The van der Waals surface area contributed by atoms with Crippen LogP contribution in [0.2, 0.25) is 5.02 Å². The fourth-order valence-electron chi connectivity index (χ4n) is 1.47. The number of carbonyl (C=O) groups excluding carboxylic acids is 1. The quantitative estimate of drug-likeness (QED) is 0.451. The van der Waals surface area contributed by atoms with Crippen molar-refractivity contribution in [2.24, 2.45) is 0 Å². The number of hydrogen-bond donors (Lipinski definition) is 0. The summed E-state index contributed by atoms with van der Waals surface area (Å²) in [4.78, 5) is 12.0. The Balaban J connectivity index is 2.37. The number of alkyl halides is 1. The fraction of sp³-hybridized carbons (Fsp3) is 0.200. The molecule has 1 heterocycles. The first-order valence-corrected chi connectivity index (χ1v) is 6.37. The molecule has 1 aromatic heterocycles. The Kier molecular flexibility index (Phi) is 4.12. The zero-order valence-electron chi connectivity index (χ0n) is 9.03. The van der Waals surface area contributed by atoms with E-state index in [2.05, 4.69) is 15.4 Å². The Bertz CT molecular complexity index is 536. The molecule has 0 N–H and O–H groups in total. The van der Waals surface area contributed by atoms with Gasteiger partial charge in [-0.2, -0.15) is 4.80 Å². The van der Waals surface area contributed by atoms with Crippen LogP contribution in [0.25, 0.3) is 0 Å². The number of halogens is 2. The lowest BCUT2D eigenvalue weighted by molar-refractivity contribution is -0.136. The molecule has 0 spiro atoms. The van der Waals surface area contributed by atoms with Crippen molar-refractivity contribution in [3.63, 3.8) is 0 Å². The summed E-state index contributed by atoms with van der Waals surface area (Å²) < 4.78 is 4.19. The molecule has 94 valence electrons. The van der Waals surface area contributed by atoms with E-state index in [9.17, 15) is 4.79 Å². The molecule has 0 aliphatic heterocycles. The molecule has 0 bridgehead atoms. The first kappa shape index (κ1) is 13.2. The van der Waals surface area contributed by atoms with E-state index in [1.807, 2.05) is 28.7 Å². The van der Waals surface area contributed by atoms with Crippen molar-refractivity contribution < 1.29 is 9.53 Å². The molecule has 0 aliphatic rings. The number of ether oxygens (including phenoxy) is 1. The van der Waals surface area contributed by atoms with Gasteiger partial charge in [0.15, 0.2) is 6.33 Å². The van der Waals surface area contributed by atoms with Gasteiger partial charge in [-0.05, 0) is 33.9 Å². The summed E-state index contributed by atoms with van der Waals surface area (Å²) in [6.07, 6.45) is 1.31. The van der Waals surface area contributed by atoms with Crippen LogP contribution < -0.4 is 0 Å². The summed E-state index contributed by atoms with van der Waals surface area (Å²) in [5, 5.41) is 11.8. The third-order valence-corrected chi connectivity index (χ3v) is 3.75. The molecule has 18 heavy (non-hydrogen) atoms. The van der Waals surface area contributed by atoms with Crippen LogP contribution in [0.1, 0.15) is 5.56 Å². The van der Waals surface area contributed by atoms with Gasteiger partial charge in [0.1, 0.15) is 6.54 Å². The summed E-state index contributed by atoms with van der Waals surface area (Å²) in [5.74, 6) is 0. The van der Waals surface area contributed by atoms with E-state index in [0.717, 1.165) is 0 Å². The highest BCUT2D eigenvalue weighted by atomic mass is 127. The lowest BCUT2D eigenvalue weighted by Gasteiger charge is -2.26. The highest BCUT2D eigenvalue weighted by molar-refractivity contribution is 14.1. The average molecular weight is 379 g/mol. The number of rotatable bonds is 5. The molecule has 0 radical (unpaired) electrons. The molecular weight excluding hydrogens is 370 g/mol. The van der Waals surface area contributed by atoms with Gasteiger partial charge in [0.25, 0.3) is 6.47 Å². The molecule has 0 saturated heterocycles. The Morgan fingerprint density at radius 1 is 1.50 bits per heavy atom. The second kappa shape index (κ2) is 5.61. The van der Waals surface area contributed by atoms with Crippen molar-refractivity contribution in [3.8, 4) is 0 Å². The summed E-state index contributed by atoms with van der Waals surface area (Å²) >= 11 is 8.12. The molecule has 8 heteroatoms. The van der Waals surface area contributed by atoms with Gasteiger partial charge in [-0.1, -0.05) is 29.8 Å². The van der Waals surface area contributed by atoms with Crippen molar-refractivity contribution in [2.75, 3.05) is 0 Å². The number of nitrogens with zero attached hydrogens (tertiary/aromatic N) is 4. The van der Waals surface area contributed by atoms with Crippen LogP contribution in [0.4, 0.5) is 0 Å². The van der Waals surface area contributed by atoms with Gasteiger partial charge in [-0.3, -0.25) is 4.79 Å². The van der Waals surface area contributed by atoms with E-state index in [-0.39, 0.29) is 6.54 Å². The number of benzene rings is 1. The van der Waals surface area contributed by atoms with E-state index in [1.165, 1.54) is 11.1 Å². The molecule has 2 rings (SSSR count). The van der Waals surface area contributed by atoms with E-state index >= 15 is 0 Å². The zero-order valence-corrected chi connectivity index (χ0v) is 11.9. The zero-order chi connectivity index (χ0) is 13.0. The van der Waals surface area contributed by atoms with Crippen molar-refractivity contribution in [3.05, 3.63) is 41.2 Å². The minimum absolute atomic E-state index is 0.218. The molecule has 0 aliphatic carbocycles. The maximum absolute atomic E-state index is 10.7. The number of aromatic nitrogens is 4. The van der Waals surface area contributed by atoms with Crippen LogP contribution in [0.5, 0.6) is 0 Å². The van der Waals surface area contributed by atoms with Gasteiger partial charge < -0.3 is 4.74 Å².